The predicted molar refractivity (Wildman–Crippen MR) is 56.9 cm³/mol. The second-order valence-corrected chi connectivity index (χ2v) is 6.58. The molecule has 0 aliphatic heterocycles. The summed E-state index contributed by atoms with van der Waals surface area (Å²) < 4.78 is 197. The molecule has 0 spiro atoms. The Morgan fingerprint density at radius 3 is 0.769 bits per heavy atom. The fraction of sp³-hybridized carbons (Fsp3) is 1.00. The van der Waals surface area contributed by atoms with Crippen molar-refractivity contribution in [1.82, 2.24) is 0 Å². The molecule has 158 valence electrons. The van der Waals surface area contributed by atoms with Crippen molar-refractivity contribution in [2.45, 2.75) is 47.1 Å². The van der Waals surface area contributed by atoms with E-state index in [1.54, 1.807) is 0 Å². The zero-order valence-corrected chi connectivity index (χ0v) is 12.7. The summed E-state index contributed by atoms with van der Waals surface area (Å²) in [6, 6.07) is 0. The zero-order chi connectivity index (χ0) is 21.6. The van der Waals surface area contributed by atoms with Crippen LogP contribution in [0.1, 0.15) is 0 Å². The maximum Gasteiger partial charge on any atom is 0.460 e. The van der Waals surface area contributed by atoms with Crippen LogP contribution in [0, 0.1) is 0 Å². The molecule has 2 atom stereocenters. The van der Waals surface area contributed by atoms with Gasteiger partial charge in [-0.3, -0.25) is 0 Å². The van der Waals surface area contributed by atoms with Gasteiger partial charge >= 0.3 is 36.0 Å². The summed E-state index contributed by atoms with van der Waals surface area (Å²) in [5.41, 5.74) is -9.62. The van der Waals surface area contributed by atoms with E-state index in [0.717, 1.165) is 0 Å². The lowest BCUT2D eigenvalue weighted by molar-refractivity contribution is -0.359. The smallest absolute Gasteiger partial charge is 0.228 e. The lowest BCUT2D eigenvalue weighted by atomic mass is 10.2. The highest BCUT2D eigenvalue weighted by atomic mass is 33.1. The van der Waals surface area contributed by atoms with Crippen LogP contribution in [0.2, 0.25) is 0 Å². The lowest BCUT2D eigenvalue weighted by Gasteiger charge is -2.31. The lowest BCUT2D eigenvalue weighted by Crippen LogP contribution is -2.56. The molecule has 0 aliphatic carbocycles. The van der Waals surface area contributed by atoms with E-state index in [1.807, 2.05) is 0 Å². The molecule has 0 saturated heterocycles. The van der Waals surface area contributed by atoms with Gasteiger partial charge in [0.2, 0.25) is 11.0 Å². The van der Waals surface area contributed by atoms with Crippen molar-refractivity contribution in [3.8, 4) is 0 Å². The second kappa shape index (κ2) is 7.20. The fourth-order valence-electron chi connectivity index (χ4n) is 0.881. The van der Waals surface area contributed by atoms with Crippen molar-refractivity contribution >= 4 is 21.6 Å². The largest absolute Gasteiger partial charge is 0.460 e. The molecular weight excluding hydrogens is 464 g/mol. The Labute approximate surface area is 140 Å². The normalized spacial score (nSPS) is 18.0. The number of halogens is 16. The first-order chi connectivity index (χ1) is 11.0. The molecule has 0 aromatic carbocycles. The molecule has 18 heteroatoms. The van der Waals surface area contributed by atoms with Crippen LogP contribution in [-0.2, 0) is 0 Å². The Bertz CT molecular complexity index is 434. The Hall–Kier alpha value is -0.420. The molecular formula is C8H2F16S2. The van der Waals surface area contributed by atoms with E-state index in [4.69, 9.17) is 0 Å². The molecule has 0 nitrogen and oxygen atoms in total. The fourth-order valence-corrected chi connectivity index (χ4v) is 2.92. The summed E-state index contributed by atoms with van der Waals surface area (Å²) in [5.74, 6) is -27.6. The van der Waals surface area contributed by atoms with Crippen molar-refractivity contribution in [3.05, 3.63) is 0 Å². The second-order valence-electron chi connectivity index (χ2n) is 4.21. The molecule has 0 aromatic rings. The van der Waals surface area contributed by atoms with Gasteiger partial charge in [0, 0.05) is 0 Å². The Kier molecular flexibility index (Phi) is 7.08. The predicted octanol–water partition coefficient (Wildman–Crippen LogP) is 6.62. The van der Waals surface area contributed by atoms with Crippen LogP contribution in [0.15, 0.2) is 0 Å². The van der Waals surface area contributed by atoms with E-state index in [2.05, 4.69) is 0 Å². The van der Waals surface area contributed by atoms with Gasteiger partial charge in [-0.15, -0.1) is 0 Å². The molecule has 0 fully saturated rings. The topological polar surface area (TPSA) is 0 Å². The van der Waals surface area contributed by atoms with Gasteiger partial charge in [-0.1, -0.05) is 0 Å². The molecule has 0 N–H and O–H groups in total. The van der Waals surface area contributed by atoms with Gasteiger partial charge in [-0.2, -0.15) is 61.5 Å². The average molecular weight is 466 g/mol. The minimum Gasteiger partial charge on any atom is -0.228 e. The first kappa shape index (κ1) is 25.6. The first-order valence-electron chi connectivity index (χ1n) is 5.30. The Balaban J connectivity index is 5.31. The molecule has 0 heterocycles. The van der Waals surface area contributed by atoms with E-state index >= 15 is 0 Å². The number of hydrogen-bond donors (Lipinski definition) is 0. The van der Waals surface area contributed by atoms with E-state index < -0.39 is 68.6 Å². The molecule has 0 saturated carbocycles. The van der Waals surface area contributed by atoms with Crippen molar-refractivity contribution < 1.29 is 70.2 Å². The van der Waals surface area contributed by atoms with Gasteiger partial charge in [0.05, 0.1) is 0 Å². The van der Waals surface area contributed by atoms with Crippen LogP contribution < -0.4 is 0 Å². The van der Waals surface area contributed by atoms with E-state index in [9.17, 15) is 70.2 Å². The highest BCUT2D eigenvalue weighted by Crippen LogP contribution is 2.56. The van der Waals surface area contributed by atoms with Crippen molar-refractivity contribution in [3.63, 3.8) is 0 Å². The van der Waals surface area contributed by atoms with Crippen molar-refractivity contribution in [1.29, 1.82) is 0 Å². The summed E-state index contributed by atoms with van der Waals surface area (Å²) >= 11 is 0. The quantitative estimate of drug-likeness (QED) is 0.306. The summed E-state index contributed by atoms with van der Waals surface area (Å²) in [4.78, 5) is 0. The molecule has 0 bridgehead atoms. The minimum absolute atomic E-state index is 1.85. The van der Waals surface area contributed by atoms with Crippen molar-refractivity contribution in [2.24, 2.45) is 0 Å². The van der Waals surface area contributed by atoms with Gasteiger partial charge in [-0.05, 0) is 21.6 Å². The number of alkyl halides is 16. The third-order valence-electron chi connectivity index (χ3n) is 2.34. The third kappa shape index (κ3) is 4.35. The summed E-state index contributed by atoms with van der Waals surface area (Å²) in [5, 5.41) is 0. The zero-order valence-electron chi connectivity index (χ0n) is 11.0. The molecule has 0 radical (unpaired) electrons. The summed E-state index contributed by atoms with van der Waals surface area (Å²) in [6.07, 6.45) is -14.1. The average Bonchev–Trinajstić information content (AvgIpc) is 2.40. The van der Waals surface area contributed by atoms with Crippen molar-refractivity contribution in [2.75, 3.05) is 0 Å². The maximum atomic E-state index is 12.9. The number of hydrogen-bond acceptors (Lipinski definition) is 2. The minimum atomic E-state index is -7.09. The molecule has 0 aliphatic rings. The van der Waals surface area contributed by atoms with E-state index in [1.165, 1.54) is 0 Å². The first-order valence-corrected chi connectivity index (χ1v) is 7.57. The molecule has 2 unspecified atom stereocenters. The van der Waals surface area contributed by atoms with Crippen LogP contribution in [0.3, 0.4) is 0 Å². The van der Waals surface area contributed by atoms with Gasteiger partial charge in [0.15, 0.2) is 0 Å². The molecule has 0 amide bonds. The Morgan fingerprint density at radius 2 is 0.615 bits per heavy atom. The maximum absolute atomic E-state index is 12.9. The third-order valence-corrected chi connectivity index (χ3v) is 4.73. The van der Waals surface area contributed by atoms with Gasteiger partial charge in [0.1, 0.15) is 0 Å². The standard InChI is InChI=1S/C8H2F16S2/c9-1(3(11,12)5(15,16)7(19,20)21)25-26-2(10)4(13,14)6(17,18)8(22,23)24/h1-2H. The highest BCUT2D eigenvalue weighted by Gasteiger charge is 2.78. The Morgan fingerprint density at radius 1 is 0.423 bits per heavy atom. The van der Waals surface area contributed by atoms with E-state index in [0.29, 0.717) is 0 Å². The molecule has 0 aromatic heterocycles. The van der Waals surface area contributed by atoms with Gasteiger partial charge < -0.3 is 0 Å². The van der Waals surface area contributed by atoms with Crippen LogP contribution in [-0.4, -0.2) is 47.1 Å². The number of rotatable bonds is 7. The molecule has 26 heavy (non-hydrogen) atoms. The van der Waals surface area contributed by atoms with Crippen LogP contribution in [0.4, 0.5) is 70.2 Å². The van der Waals surface area contributed by atoms with Gasteiger partial charge in [0.25, 0.3) is 0 Å². The van der Waals surface area contributed by atoms with Crippen LogP contribution in [0.25, 0.3) is 0 Å². The SMILES string of the molecule is FC(SSC(F)C(F)(F)C(F)(F)C(F)(F)F)C(F)(F)C(F)(F)C(F)(F)F. The monoisotopic (exact) mass is 466 g/mol. The van der Waals surface area contributed by atoms with E-state index in [-0.39, 0.29) is 0 Å². The highest BCUT2D eigenvalue weighted by molar-refractivity contribution is 8.77. The van der Waals surface area contributed by atoms with Gasteiger partial charge in [-0.25, -0.2) is 8.78 Å². The summed E-state index contributed by atoms with van der Waals surface area (Å²) in [6.45, 7) is 0. The van der Waals surface area contributed by atoms with Crippen LogP contribution in [0.5, 0.6) is 0 Å². The van der Waals surface area contributed by atoms with Crippen LogP contribution >= 0.6 is 21.6 Å². The summed E-state index contributed by atoms with van der Waals surface area (Å²) in [7, 11) is -3.70. The molecule has 0 rings (SSSR count).